The first-order chi connectivity index (χ1) is 16.8. The molecule has 1 aromatic heterocycles. The van der Waals surface area contributed by atoms with Crippen LogP contribution in [0.25, 0.3) is 6.08 Å². The lowest BCUT2D eigenvalue weighted by molar-refractivity contribution is -0.143. The van der Waals surface area contributed by atoms with Gasteiger partial charge in [0.25, 0.3) is 5.56 Å². The summed E-state index contributed by atoms with van der Waals surface area (Å²) in [7, 11) is 0. The summed E-state index contributed by atoms with van der Waals surface area (Å²) < 4.78 is 13.4. The van der Waals surface area contributed by atoms with Gasteiger partial charge in [-0.25, -0.2) is 9.79 Å². The molecule has 1 aliphatic heterocycles. The third-order valence-electron chi connectivity index (χ3n) is 5.52. The molecule has 8 heteroatoms. The van der Waals surface area contributed by atoms with E-state index in [1.807, 2.05) is 67.8 Å². The van der Waals surface area contributed by atoms with Gasteiger partial charge in [0.05, 0.1) is 34.6 Å². The maximum absolute atomic E-state index is 13.8. The van der Waals surface area contributed by atoms with Gasteiger partial charge in [-0.15, -0.1) is 11.8 Å². The summed E-state index contributed by atoms with van der Waals surface area (Å²) in [6, 6.07) is 14.9. The highest BCUT2D eigenvalue weighted by Gasteiger charge is 2.33. The Morgan fingerprint density at radius 1 is 1.20 bits per heavy atom. The van der Waals surface area contributed by atoms with E-state index in [-0.39, 0.29) is 11.7 Å². The number of aromatic nitrogens is 1. The molecule has 1 aliphatic rings. The quantitative estimate of drug-likeness (QED) is 0.351. The van der Waals surface area contributed by atoms with Gasteiger partial charge in [-0.05, 0) is 63.8 Å². The number of allylic oxidation sites excluding steroid dienone is 1. The molecule has 0 radical (unpaired) electrons. The second-order valence-electron chi connectivity index (χ2n) is 8.28. The van der Waals surface area contributed by atoms with Crippen LogP contribution in [0.3, 0.4) is 0 Å². The fourth-order valence-corrected chi connectivity index (χ4v) is 5.44. The molecule has 0 bridgehead atoms. The van der Waals surface area contributed by atoms with Gasteiger partial charge >= 0.3 is 5.97 Å². The molecule has 35 heavy (non-hydrogen) atoms. The fraction of sp³-hybridized carbons (Fsp3) is 0.296. The van der Waals surface area contributed by atoms with Crippen molar-refractivity contribution in [1.82, 2.24) is 4.57 Å². The summed E-state index contributed by atoms with van der Waals surface area (Å²) >= 11 is 2.94. The Hall–Kier alpha value is -3.10. The van der Waals surface area contributed by atoms with Crippen molar-refractivity contribution in [3.63, 3.8) is 0 Å². The van der Waals surface area contributed by atoms with Crippen molar-refractivity contribution in [3.8, 4) is 5.75 Å². The first-order valence-corrected chi connectivity index (χ1v) is 13.5. The lowest BCUT2D eigenvalue weighted by atomic mass is 9.96. The summed E-state index contributed by atoms with van der Waals surface area (Å²) in [6.45, 7) is 7.86. The van der Waals surface area contributed by atoms with Gasteiger partial charge in [0, 0.05) is 10.5 Å². The minimum absolute atomic E-state index is 0.207. The van der Waals surface area contributed by atoms with Crippen molar-refractivity contribution in [2.24, 2.45) is 4.99 Å². The van der Waals surface area contributed by atoms with Crippen LogP contribution in [0.15, 0.2) is 74.5 Å². The number of hydrogen-bond acceptors (Lipinski definition) is 7. The zero-order chi connectivity index (χ0) is 25.1. The summed E-state index contributed by atoms with van der Waals surface area (Å²) in [5.74, 6) is 0.249. The Kier molecular flexibility index (Phi) is 7.62. The van der Waals surface area contributed by atoms with Crippen LogP contribution in [0.2, 0.25) is 0 Å². The normalized spacial score (nSPS) is 15.7. The van der Waals surface area contributed by atoms with Crippen molar-refractivity contribution in [2.45, 2.75) is 44.7 Å². The lowest BCUT2D eigenvalue weighted by Crippen LogP contribution is -2.40. The average Bonchev–Trinajstić information content (AvgIpc) is 3.13. The third-order valence-corrected chi connectivity index (χ3v) is 7.25. The van der Waals surface area contributed by atoms with Gasteiger partial charge in [0.1, 0.15) is 5.75 Å². The van der Waals surface area contributed by atoms with Crippen molar-refractivity contribution >= 4 is 35.1 Å². The van der Waals surface area contributed by atoms with Crippen molar-refractivity contribution in [2.75, 3.05) is 12.9 Å². The standard InChI is InChI=1S/C27H28N2O4S2/c1-6-32-21-10-8-7-9-19(21)15-22-25(30)29-24(18-11-13-20(34-5)14-12-18)23(26(31)33-16(2)3)17(4)28-27(29)35-22/h7-16,24H,6H2,1-5H3/b22-15-/t24-/m0/s1. The second kappa shape index (κ2) is 10.7. The predicted octanol–water partition coefficient (Wildman–Crippen LogP) is 4.31. The molecule has 6 nitrogen and oxygen atoms in total. The third kappa shape index (κ3) is 5.13. The fourth-order valence-electron chi connectivity index (χ4n) is 3.99. The Bertz CT molecular complexity index is 1450. The first kappa shape index (κ1) is 25.0. The van der Waals surface area contributed by atoms with Crippen molar-refractivity contribution in [3.05, 3.63) is 90.6 Å². The number of carbonyl (C=O) groups excluding carboxylic acids is 1. The molecule has 2 heterocycles. The molecular weight excluding hydrogens is 480 g/mol. The number of thiazole rings is 1. The molecule has 0 saturated carbocycles. The van der Waals surface area contributed by atoms with Crippen LogP contribution in [0.4, 0.5) is 0 Å². The van der Waals surface area contributed by atoms with E-state index < -0.39 is 12.0 Å². The van der Waals surface area contributed by atoms with Gasteiger partial charge in [0.2, 0.25) is 0 Å². The molecule has 0 unspecified atom stereocenters. The molecule has 2 aromatic carbocycles. The lowest BCUT2D eigenvalue weighted by Gasteiger charge is -2.25. The average molecular weight is 509 g/mol. The van der Waals surface area contributed by atoms with Crippen LogP contribution in [0.1, 0.15) is 44.9 Å². The predicted molar refractivity (Wildman–Crippen MR) is 141 cm³/mol. The number of para-hydroxylation sites is 1. The Balaban J connectivity index is 1.93. The maximum Gasteiger partial charge on any atom is 0.338 e. The van der Waals surface area contributed by atoms with Crippen LogP contribution in [-0.2, 0) is 9.53 Å². The summed E-state index contributed by atoms with van der Waals surface area (Å²) in [5, 5.41) is 0. The number of benzene rings is 2. The van der Waals surface area contributed by atoms with E-state index in [9.17, 15) is 9.59 Å². The van der Waals surface area contributed by atoms with Crippen LogP contribution in [0.5, 0.6) is 5.75 Å². The van der Waals surface area contributed by atoms with E-state index in [0.29, 0.717) is 33.0 Å². The molecule has 182 valence electrons. The molecule has 0 saturated heterocycles. The van der Waals surface area contributed by atoms with Crippen LogP contribution >= 0.6 is 23.1 Å². The van der Waals surface area contributed by atoms with Crippen LogP contribution < -0.4 is 19.6 Å². The Morgan fingerprint density at radius 3 is 2.57 bits per heavy atom. The molecule has 0 spiro atoms. The van der Waals surface area contributed by atoms with Gasteiger partial charge in [-0.2, -0.15) is 0 Å². The number of carbonyl (C=O) groups is 1. The van der Waals surface area contributed by atoms with Gasteiger partial charge < -0.3 is 9.47 Å². The monoisotopic (exact) mass is 508 g/mol. The molecule has 4 rings (SSSR count). The van der Waals surface area contributed by atoms with E-state index in [1.165, 1.54) is 11.3 Å². The maximum atomic E-state index is 13.8. The van der Waals surface area contributed by atoms with Gasteiger partial charge in [0.15, 0.2) is 4.80 Å². The van der Waals surface area contributed by atoms with E-state index in [1.54, 1.807) is 37.1 Å². The highest BCUT2D eigenvalue weighted by Crippen LogP contribution is 2.32. The Labute approximate surface area is 212 Å². The number of fused-ring (bicyclic) bond motifs is 1. The summed E-state index contributed by atoms with van der Waals surface area (Å²) in [4.78, 5) is 33.2. The number of hydrogen-bond donors (Lipinski definition) is 0. The highest BCUT2D eigenvalue weighted by atomic mass is 32.2. The molecule has 0 fully saturated rings. The molecular formula is C27H28N2O4S2. The number of esters is 1. The minimum Gasteiger partial charge on any atom is -0.493 e. The summed E-state index contributed by atoms with van der Waals surface area (Å²) in [6.07, 6.45) is 3.55. The molecule has 0 aliphatic carbocycles. The van der Waals surface area contributed by atoms with Crippen LogP contribution in [-0.4, -0.2) is 29.5 Å². The number of ether oxygens (including phenoxy) is 2. The zero-order valence-corrected chi connectivity index (χ0v) is 22.0. The molecule has 0 N–H and O–H groups in total. The number of rotatable bonds is 7. The minimum atomic E-state index is -0.627. The smallest absolute Gasteiger partial charge is 0.338 e. The highest BCUT2D eigenvalue weighted by molar-refractivity contribution is 7.98. The number of nitrogens with zero attached hydrogens (tertiary/aromatic N) is 2. The van der Waals surface area contributed by atoms with E-state index in [0.717, 1.165) is 16.0 Å². The van der Waals surface area contributed by atoms with Crippen molar-refractivity contribution in [1.29, 1.82) is 0 Å². The molecule has 0 amide bonds. The first-order valence-electron chi connectivity index (χ1n) is 11.4. The number of thioether (sulfide) groups is 1. The molecule has 1 atom stereocenters. The zero-order valence-electron chi connectivity index (χ0n) is 20.4. The molecule has 3 aromatic rings. The van der Waals surface area contributed by atoms with E-state index in [4.69, 9.17) is 9.47 Å². The van der Waals surface area contributed by atoms with Gasteiger partial charge in [-0.3, -0.25) is 9.36 Å². The largest absolute Gasteiger partial charge is 0.493 e. The van der Waals surface area contributed by atoms with E-state index in [2.05, 4.69) is 4.99 Å². The summed E-state index contributed by atoms with van der Waals surface area (Å²) in [5.41, 5.74) is 2.37. The Morgan fingerprint density at radius 2 is 1.91 bits per heavy atom. The van der Waals surface area contributed by atoms with Crippen molar-refractivity contribution < 1.29 is 14.3 Å². The van der Waals surface area contributed by atoms with E-state index >= 15 is 0 Å². The van der Waals surface area contributed by atoms with Crippen LogP contribution in [0, 0.1) is 0 Å². The second-order valence-corrected chi connectivity index (χ2v) is 10.2. The van der Waals surface area contributed by atoms with Gasteiger partial charge in [-0.1, -0.05) is 41.7 Å². The topological polar surface area (TPSA) is 69.9 Å². The SMILES string of the molecule is CCOc1ccccc1/C=c1\sc2n(c1=O)[C@@H](c1ccc(SC)cc1)C(C(=O)OC(C)C)=C(C)N=2.